The summed E-state index contributed by atoms with van der Waals surface area (Å²) in [5, 5.41) is 7.68. The molecule has 2 rings (SSSR count). The normalized spacial score (nSPS) is 10.1. The zero-order chi connectivity index (χ0) is 8.39. The summed E-state index contributed by atoms with van der Waals surface area (Å²) in [6.07, 6.45) is 3.16. The highest BCUT2D eigenvalue weighted by Gasteiger charge is 2.05. The third-order valence-corrected chi connectivity index (χ3v) is 1.74. The quantitative estimate of drug-likeness (QED) is 0.677. The van der Waals surface area contributed by atoms with E-state index in [4.69, 9.17) is 16.0 Å². The van der Waals surface area contributed by atoms with Gasteiger partial charge >= 0.3 is 0 Å². The number of halogens is 1. The van der Waals surface area contributed by atoms with Crippen molar-refractivity contribution in [3.8, 4) is 11.3 Å². The Balaban J connectivity index is 2.55. The van der Waals surface area contributed by atoms with Crippen LogP contribution in [0.3, 0.4) is 0 Å². The first-order chi connectivity index (χ1) is 5.88. The van der Waals surface area contributed by atoms with E-state index in [9.17, 15) is 0 Å². The molecule has 0 bridgehead atoms. The van der Waals surface area contributed by atoms with Crippen molar-refractivity contribution < 1.29 is 4.42 Å². The maximum atomic E-state index is 5.78. The Labute approximate surface area is 74.0 Å². The summed E-state index contributed by atoms with van der Waals surface area (Å²) >= 11 is 5.78. The first-order valence-corrected chi connectivity index (χ1v) is 3.77. The maximum Gasteiger partial charge on any atom is 0.162 e. The molecule has 3 nitrogen and oxygen atoms in total. The highest BCUT2D eigenvalue weighted by Crippen LogP contribution is 2.24. The first-order valence-electron chi connectivity index (χ1n) is 3.39. The fourth-order valence-electron chi connectivity index (χ4n) is 0.930. The molecule has 0 fully saturated rings. The molecule has 2 aromatic rings. The zero-order valence-corrected chi connectivity index (χ0v) is 6.82. The fraction of sp³-hybridized carbons (Fsp3) is 0. The first kappa shape index (κ1) is 7.31. The van der Waals surface area contributed by atoms with Crippen molar-refractivity contribution in [2.75, 3.05) is 0 Å². The predicted octanol–water partition coefficient (Wildman–Crippen LogP) is 2.39. The highest BCUT2D eigenvalue weighted by atomic mass is 35.5. The largest absolute Gasteiger partial charge is 0.464 e. The van der Waals surface area contributed by atoms with Crippen LogP contribution in [-0.2, 0) is 0 Å². The lowest BCUT2D eigenvalue weighted by Gasteiger charge is -1.95. The lowest BCUT2D eigenvalue weighted by Crippen LogP contribution is -1.83. The standard InChI is InChI=1S/C8H5ClN2O/c9-8-6(3-4-10-11-8)7-2-1-5-12-7/h1-5H. The monoisotopic (exact) mass is 180 g/mol. The maximum absolute atomic E-state index is 5.78. The van der Waals surface area contributed by atoms with Crippen molar-refractivity contribution in [1.82, 2.24) is 10.2 Å². The molecule has 0 spiro atoms. The minimum absolute atomic E-state index is 0.354. The van der Waals surface area contributed by atoms with E-state index in [0.29, 0.717) is 10.9 Å². The molecule has 0 unspecified atom stereocenters. The van der Waals surface area contributed by atoms with Gasteiger partial charge in [-0.1, -0.05) is 11.6 Å². The topological polar surface area (TPSA) is 38.9 Å². The summed E-state index contributed by atoms with van der Waals surface area (Å²) in [6.45, 7) is 0. The molecule has 0 radical (unpaired) electrons. The molecule has 4 heteroatoms. The van der Waals surface area contributed by atoms with Gasteiger partial charge in [0.25, 0.3) is 0 Å². The summed E-state index contributed by atoms with van der Waals surface area (Å²) in [6, 6.07) is 5.38. The van der Waals surface area contributed by atoms with Gasteiger partial charge in [0.05, 0.1) is 18.0 Å². The van der Waals surface area contributed by atoms with Gasteiger partial charge in [-0.2, -0.15) is 5.10 Å². The van der Waals surface area contributed by atoms with E-state index in [1.54, 1.807) is 24.6 Å². The smallest absolute Gasteiger partial charge is 0.162 e. The molecule has 0 aliphatic heterocycles. The Morgan fingerprint density at radius 1 is 1.33 bits per heavy atom. The number of furan rings is 1. The average Bonchev–Trinajstić information content (AvgIpc) is 2.57. The predicted molar refractivity (Wildman–Crippen MR) is 44.7 cm³/mol. The van der Waals surface area contributed by atoms with Crippen molar-refractivity contribution >= 4 is 11.6 Å². The molecule has 0 amide bonds. The second kappa shape index (κ2) is 2.95. The van der Waals surface area contributed by atoms with E-state index in [0.717, 1.165) is 5.56 Å². The Bertz CT molecular complexity index is 372. The van der Waals surface area contributed by atoms with E-state index < -0.39 is 0 Å². The molecule has 0 saturated heterocycles. The summed E-state index contributed by atoms with van der Waals surface area (Å²) < 4.78 is 5.15. The van der Waals surface area contributed by atoms with Crippen LogP contribution in [0.5, 0.6) is 0 Å². The van der Waals surface area contributed by atoms with Gasteiger partial charge < -0.3 is 4.42 Å². The number of hydrogen-bond donors (Lipinski definition) is 0. The van der Waals surface area contributed by atoms with Crippen molar-refractivity contribution in [3.05, 3.63) is 35.8 Å². The zero-order valence-electron chi connectivity index (χ0n) is 6.07. The molecule has 0 aliphatic carbocycles. The molecule has 0 N–H and O–H groups in total. The van der Waals surface area contributed by atoms with E-state index in [2.05, 4.69) is 10.2 Å². The van der Waals surface area contributed by atoms with Gasteiger partial charge in [-0.15, -0.1) is 5.10 Å². The Hall–Kier alpha value is -1.35. The van der Waals surface area contributed by atoms with Gasteiger partial charge in [0, 0.05) is 0 Å². The van der Waals surface area contributed by atoms with Crippen LogP contribution >= 0.6 is 11.6 Å². The van der Waals surface area contributed by atoms with E-state index in [-0.39, 0.29) is 0 Å². The molecule has 2 aromatic heterocycles. The number of nitrogens with zero attached hydrogens (tertiary/aromatic N) is 2. The average molecular weight is 181 g/mol. The van der Waals surface area contributed by atoms with Gasteiger partial charge in [-0.3, -0.25) is 0 Å². The van der Waals surface area contributed by atoms with Gasteiger partial charge in [0.1, 0.15) is 5.76 Å². The molecule has 60 valence electrons. The number of aromatic nitrogens is 2. The molecule has 0 saturated carbocycles. The second-order valence-corrected chi connectivity index (χ2v) is 2.57. The van der Waals surface area contributed by atoms with Gasteiger partial charge in [-0.25, -0.2) is 0 Å². The second-order valence-electron chi connectivity index (χ2n) is 2.21. The van der Waals surface area contributed by atoms with Crippen LogP contribution in [0.2, 0.25) is 5.15 Å². The van der Waals surface area contributed by atoms with E-state index in [1.165, 1.54) is 0 Å². The van der Waals surface area contributed by atoms with Crippen LogP contribution in [0.15, 0.2) is 35.1 Å². The van der Waals surface area contributed by atoms with E-state index in [1.807, 2.05) is 6.07 Å². The Morgan fingerprint density at radius 3 is 2.92 bits per heavy atom. The van der Waals surface area contributed by atoms with Crippen LogP contribution in [0.25, 0.3) is 11.3 Å². The lowest BCUT2D eigenvalue weighted by molar-refractivity contribution is 0.582. The summed E-state index contributed by atoms with van der Waals surface area (Å²) in [5.74, 6) is 0.704. The third kappa shape index (κ3) is 1.19. The van der Waals surface area contributed by atoms with Crippen LogP contribution in [0.1, 0.15) is 0 Å². The van der Waals surface area contributed by atoms with Crippen molar-refractivity contribution in [3.63, 3.8) is 0 Å². The molecular formula is C8H5ClN2O. The molecular weight excluding hydrogens is 176 g/mol. The van der Waals surface area contributed by atoms with E-state index >= 15 is 0 Å². The van der Waals surface area contributed by atoms with Crippen LogP contribution in [0.4, 0.5) is 0 Å². The molecule has 0 aliphatic rings. The fourth-order valence-corrected chi connectivity index (χ4v) is 1.13. The Kier molecular flexibility index (Phi) is 1.80. The molecule has 12 heavy (non-hydrogen) atoms. The summed E-state index contributed by atoms with van der Waals surface area (Å²) in [5.41, 5.74) is 0.761. The minimum atomic E-state index is 0.354. The SMILES string of the molecule is Clc1nnccc1-c1ccco1. The molecule has 2 heterocycles. The lowest BCUT2D eigenvalue weighted by atomic mass is 10.2. The van der Waals surface area contributed by atoms with Crippen LogP contribution < -0.4 is 0 Å². The minimum Gasteiger partial charge on any atom is -0.464 e. The molecule has 0 aromatic carbocycles. The Morgan fingerprint density at radius 2 is 2.25 bits per heavy atom. The summed E-state index contributed by atoms with van der Waals surface area (Å²) in [7, 11) is 0. The van der Waals surface area contributed by atoms with Gasteiger partial charge in [0.15, 0.2) is 5.15 Å². The van der Waals surface area contributed by atoms with Crippen molar-refractivity contribution in [2.45, 2.75) is 0 Å². The van der Waals surface area contributed by atoms with Crippen molar-refractivity contribution in [2.24, 2.45) is 0 Å². The molecule has 0 atom stereocenters. The number of rotatable bonds is 1. The highest BCUT2D eigenvalue weighted by molar-refractivity contribution is 6.31. The third-order valence-electron chi connectivity index (χ3n) is 1.46. The summed E-state index contributed by atoms with van der Waals surface area (Å²) in [4.78, 5) is 0. The van der Waals surface area contributed by atoms with Crippen molar-refractivity contribution in [1.29, 1.82) is 0 Å². The van der Waals surface area contributed by atoms with Gasteiger partial charge in [-0.05, 0) is 18.2 Å². The van der Waals surface area contributed by atoms with Gasteiger partial charge in [0.2, 0.25) is 0 Å². The van der Waals surface area contributed by atoms with Crippen LogP contribution in [0, 0.1) is 0 Å². The van der Waals surface area contributed by atoms with Crippen LogP contribution in [-0.4, -0.2) is 10.2 Å². The number of hydrogen-bond acceptors (Lipinski definition) is 3.